The van der Waals surface area contributed by atoms with Gasteiger partial charge in [0.25, 0.3) is 0 Å². The molecule has 10 nitrogen and oxygen atoms in total. The smallest absolute Gasteiger partial charge is 0.0679 e. The third-order valence-electron chi connectivity index (χ3n) is 9.69. The van der Waals surface area contributed by atoms with Gasteiger partial charge in [-0.25, -0.2) is 0 Å². The molecule has 5 aliphatic rings. The first-order valence-electron chi connectivity index (χ1n) is 18.8. The van der Waals surface area contributed by atoms with E-state index >= 15 is 0 Å². The molecule has 286 valence electrons. The Morgan fingerprint density at radius 2 is 0.745 bits per heavy atom. The van der Waals surface area contributed by atoms with Gasteiger partial charge in [-0.3, -0.25) is 24.5 Å². The van der Waals surface area contributed by atoms with Crippen molar-refractivity contribution in [3.63, 3.8) is 0 Å². The highest BCUT2D eigenvalue weighted by Gasteiger charge is 2.20. The van der Waals surface area contributed by atoms with Crippen LogP contribution in [0.4, 0.5) is 0 Å². The lowest BCUT2D eigenvalue weighted by molar-refractivity contribution is 0.0781. The molecule has 0 radical (unpaired) electrons. The van der Waals surface area contributed by atoms with Crippen LogP contribution >= 0.6 is 0 Å². The Kier molecular flexibility index (Phi) is 27.2. The number of rotatable bonds is 7. The van der Waals surface area contributed by atoms with Gasteiger partial charge in [0.2, 0.25) is 0 Å². The average molecular weight is 710 g/mol. The Bertz CT molecular complexity index is 1090. The maximum absolute atomic E-state index is 9.20. The second-order valence-corrected chi connectivity index (χ2v) is 14.1. The van der Waals surface area contributed by atoms with Gasteiger partial charge in [-0.15, -0.1) is 32.1 Å². The van der Waals surface area contributed by atoms with Crippen LogP contribution in [0.5, 0.6) is 0 Å². The lowest BCUT2D eigenvalue weighted by atomic mass is 9.98. The van der Waals surface area contributed by atoms with E-state index in [4.69, 9.17) is 52.5 Å². The maximum Gasteiger partial charge on any atom is 0.0679 e. The summed E-state index contributed by atoms with van der Waals surface area (Å²) in [6.07, 6.45) is 34.5. The number of piperidine rings is 4. The number of hydrogen-bond acceptors (Lipinski definition) is 10. The van der Waals surface area contributed by atoms with Crippen LogP contribution in [0.25, 0.3) is 0 Å². The number of β-amino-alcohol motifs (C(OH)–C–C–N with tert-alkyl or cyclic N) is 2. The first-order chi connectivity index (χ1) is 24.7. The normalized spacial score (nSPS) is 25.1. The lowest BCUT2D eigenvalue weighted by Gasteiger charge is -2.30. The third kappa shape index (κ3) is 22.8. The van der Waals surface area contributed by atoms with E-state index in [1.807, 2.05) is 0 Å². The molecule has 51 heavy (non-hydrogen) atoms. The topological polar surface area (TPSA) is 117 Å². The zero-order chi connectivity index (χ0) is 37.7. The average Bonchev–Trinajstić information content (AvgIpc) is 3.56. The minimum Gasteiger partial charge on any atom is -0.396 e. The largest absolute Gasteiger partial charge is 0.396 e. The molecule has 0 aliphatic carbocycles. The molecule has 5 rings (SSSR count). The standard InChI is InChI=1S/2C9H15NO.2C8H13NO.C7H11NO/c1-2-5-10-6-3-9(8-11)4-7-10;1-2-5-10-6-3-4-9(7-10)8-11;1-2-5-9-6-3-8(10)4-7-9;1-2-5-9-6-3-4-8(10)7-9;1-2-4-8-5-3-7(9)6-8/h2*1,9,11H,3-8H2;2*1,8,10H,3-7H2;1,7,9H,3-6H2. The minimum atomic E-state index is -0.151. The van der Waals surface area contributed by atoms with Gasteiger partial charge in [-0.05, 0) is 95.8 Å². The second-order valence-electron chi connectivity index (χ2n) is 14.1. The molecule has 3 unspecified atom stereocenters. The van der Waals surface area contributed by atoms with Crippen LogP contribution in [-0.2, 0) is 0 Å². The molecule has 0 aromatic heterocycles. The summed E-state index contributed by atoms with van der Waals surface area (Å²) in [7, 11) is 0. The van der Waals surface area contributed by atoms with E-state index in [1.165, 1.54) is 6.42 Å². The van der Waals surface area contributed by atoms with Gasteiger partial charge in [0, 0.05) is 52.5 Å². The Balaban J connectivity index is 0.000000319. The number of likely N-dealkylation sites (tertiary alicyclic amines) is 5. The molecule has 5 N–H and O–H groups in total. The molecule has 5 heterocycles. The van der Waals surface area contributed by atoms with E-state index < -0.39 is 0 Å². The number of aliphatic hydroxyl groups excluding tert-OH is 5. The molecule has 0 spiro atoms. The Morgan fingerprint density at radius 3 is 1.16 bits per heavy atom. The van der Waals surface area contributed by atoms with Gasteiger partial charge in [0.15, 0.2) is 0 Å². The molecule has 0 aromatic rings. The van der Waals surface area contributed by atoms with Gasteiger partial charge in [0.05, 0.1) is 51.0 Å². The predicted octanol–water partition coefficient (Wildman–Crippen LogP) is 0.487. The fourth-order valence-corrected chi connectivity index (χ4v) is 6.62. The summed E-state index contributed by atoms with van der Waals surface area (Å²) >= 11 is 0. The van der Waals surface area contributed by atoms with Crippen molar-refractivity contribution in [3.05, 3.63) is 0 Å². The number of aliphatic hydroxyl groups is 5. The first-order valence-corrected chi connectivity index (χ1v) is 18.8. The molecule has 3 atom stereocenters. The quantitative estimate of drug-likeness (QED) is 0.239. The summed E-state index contributed by atoms with van der Waals surface area (Å²) in [4.78, 5) is 10.8. The summed E-state index contributed by atoms with van der Waals surface area (Å²) in [6, 6.07) is 0. The van der Waals surface area contributed by atoms with Gasteiger partial charge < -0.3 is 25.5 Å². The molecule has 0 saturated carbocycles. The van der Waals surface area contributed by atoms with Crippen LogP contribution < -0.4 is 0 Å². The van der Waals surface area contributed by atoms with Crippen LogP contribution in [0, 0.1) is 73.6 Å². The van der Waals surface area contributed by atoms with E-state index in [9.17, 15) is 5.11 Å². The number of hydrogen-bond donors (Lipinski definition) is 5. The minimum absolute atomic E-state index is 0.0889. The molecular weight excluding hydrogens is 642 g/mol. The number of nitrogens with zero attached hydrogens (tertiary/aromatic N) is 5. The molecule has 5 saturated heterocycles. The van der Waals surface area contributed by atoms with Crippen molar-refractivity contribution in [2.24, 2.45) is 11.8 Å². The highest BCUT2D eigenvalue weighted by Crippen LogP contribution is 2.16. The summed E-state index contributed by atoms with van der Waals surface area (Å²) < 4.78 is 0. The van der Waals surface area contributed by atoms with Gasteiger partial charge in [-0.2, -0.15) is 0 Å². The van der Waals surface area contributed by atoms with Crippen LogP contribution in [-0.4, -0.2) is 180 Å². The third-order valence-corrected chi connectivity index (χ3v) is 9.69. The highest BCUT2D eigenvalue weighted by atomic mass is 16.3. The van der Waals surface area contributed by atoms with Crippen molar-refractivity contribution >= 4 is 0 Å². The van der Waals surface area contributed by atoms with Gasteiger partial charge >= 0.3 is 0 Å². The predicted molar refractivity (Wildman–Crippen MR) is 207 cm³/mol. The Labute approximate surface area is 310 Å². The van der Waals surface area contributed by atoms with Crippen molar-refractivity contribution in [3.8, 4) is 61.7 Å². The maximum atomic E-state index is 9.20. The van der Waals surface area contributed by atoms with Crippen LogP contribution in [0.15, 0.2) is 0 Å². The van der Waals surface area contributed by atoms with Crippen molar-refractivity contribution in [1.82, 2.24) is 24.5 Å². The first kappa shape index (κ1) is 46.4. The summed E-state index contributed by atoms with van der Waals surface area (Å²) in [5.41, 5.74) is 0. The van der Waals surface area contributed by atoms with E-state index in [0.717, 1.165) is 136 Å². The van der Waals surface area contributed by atoms with E-state index in [1.54, 1.807) is 0 Å². The van der Waals surface area contributed by atoms with E-state index in [-0.39, 0.29) is 18.3 Å². The zero-order valence-electron chi connectivity index (χ0n) is 31.1. The molecular formula is C41H67N5O5. The van der Waals surface area contributed by atoms with Crippen LogP contribution in [0.1, 0.15) is 57.8 Å². The van der Waals surface area contributed by atoms with Crippen molar-refractivity contribution in [2.45, 2.75) is 76.1 Å². The fraction of sp³-hybridized carbons (Fsp3) is 0.756. The SMILES string of the molecule is C#CCN1CCC(CO)CC1.C#CCN1CCC(O)C1.C#CCN1CCC(O)CC1.C#CCN1CCCC(CO)C1.C#CCN1CCCC(O)C1. The molecule has 0 aromatic carbocycles. The van der Waals surface area contributed by atoms with Crippen molar-refractivity contribution in [2.75, 3.05) is 111 Å². The van der Waals surface area contributed by atoms with Crippen LogP contribution in [0.3, 0.4) is 0 Å². The Hall–Kier alpha value is -2.60. The highest BCUT2D eigenvalue weighted by molar-refractivity contribution is 4.92. The second kappa shape index (κ2) is 29.9. The summed E-state index contributed by atoms with van der Waals surface area (Å²) in [6.45, 7) is 13.8. The van der Waals surface area contributed by atoms with Gasteiger partial charge in [-0.1, -0.05) is 29.6 Å². The summed E-state index contributed by atoms with van der Waals surface area (Å²) in [5, 5.41) is 45.1. The Morgan fingerprint density at radius 1 is 0.392 bits per heavy atom. The van der Waals surface area contributed by atoms with Gasteiger partial charge in [0.1, 0.15) is 0 Å². The van der Waals surface area contributed by atoms with Crippen LogP contribution in [0.2, 0.25) is 0 Å². The van der Waals surface area contributed by atoms with Crippen molar-refractivity contribution in [1.29, 1.82) is 0 Å². The number of terminal acetylenes is 5. The fourth-order valence-electron chi connectivity index (χ4n) is 6.62. The zero-order valence-corrected chi connectivity index (χ0v) is 31.1. The molecule has 0 amide bonds. The molecule has 5 fully saturated rings. The van der Waals surface area contributed by atoms with E-state index in [2.05, 4.69) is 54.1 Å². The molecule has 0 bridgehead atoms. The lowest BCUT2D eigenvalue weighted by Crippen LogP contribution is -2.38. The van der Waals surface area contributed by atoms with Crippen molar-refractivity contribution < 1.29 is 25.5 Å². The van der Waals surface area contributed by atoms with E-state index in [0.29, 0.717) is 38.1 Å². The molecule has 5 aliphatic heterocycles. The summed E-state index contributed by atoms with van der Waals surface area (Å²) in [5.74, 6) is 13.9. The monoisotopic (exact) mass is 710 g/mol. The molecule has 10 heteroatoms.